The molecule has 2 heterocycles. The molecule has 28 heavy (non-hydrogen) atoms. The van der Waals surface area contributed by atoms with Crippen LogP contribution < -0.4 is 5.32 Å². The van der Waals surface area contributed by atoms with E-state index < -0.39 is 0 Å². The highest BCUT2D eigenvalue weighted by molar-refractivity contribution is 5.96. The molecule has 3 aliphatic carbocycles. The summed E-state index contributed by atoms with van der Waals surface area (Å²) in [6, 6.07) is 10.8. The molecule has 5 nitrogen and oxygen atoms in total. The first-order valence-electron chi connectivity index (χ1n) is 10.3. The lowest BCUT2D eigenvalue weighted by molar-refractivity contribution is -0.118. The molecule has 1 N–H and O–H groups in total. The van der Waals surface area contributed by atoms with Crippen molar-refractivity contribution in [2.24, 2.45) is 16.7 Å². The van der Waals surface area contributed by atoms with Gasteiger partial charge >= 0.3 is 0 Å². The first-order chi connectivity index (χ1) is 13.6. The van der Waals surface area contributed by atoms with Crippen LogP contribution in [-0.4, -0.2) is 24.1 Å². The maximum absolute atomic E-state index is 12.7. The van der Waals surface area contributed by atoms with Crippen molar-refractivity contribution < 1.29 is 9.53 Å². The predicted octanol–water partition coefficient (Wildman–Crippen LogP) is 3.94. The van der Waals surface area contributed by atoms with E-state index in [2.05, 4.69) is 34.6 Å². The third-order valence-corrected chi connectivity index (χ3v) is 7.89. The number of nitrogens with zero attached hydrogens (tertiary/aromatic N) is 2. The van der Waals surface area contributed by atoms with Gasteiger partial charge in [0, 0.05) is 30.7 Å². The van der Waals surface area contributed by atoms with E-state index in [1.165, 1.54) is 12.8 Å². The molecule has 0 bridgehead atoms. The molecule has 2 unspecified atom stereocenters. The molecule has 1 aromatic carbocycles. The number of ether oxygens (including phenoxy) is 1. The monoisotopic (exact) mass is 373 g/mol. The molecule has 4 aliphatic rings. The summed E-state index contributed by atoms with van der Waals surface area (Å²) in [6.45, 7) is 1.53. The first-order valence-corrected chi connectivity index (χ1v) is 10.3. The molecular formula is C23H23N3O2. The minimum atomic E-state index is -0.294. The van der Waals surface area contributed by atoms with Crippen LogP contribution in [0.15, 0.2) is 30.5 Å². The van der Waals surface area contributed by atoms with Crippen LogP contribution >= 0.6 is 0 Å². The van der Waals surface area contributed by atoms with E-state index in [4.69, 9.17) is 4.74 Å². The average Bonchev–Trinajstić information content (AvgIpc) is 3.66. The van der Waals surface area contributed by atoms with Crippen LogP contribution in [0.1, 0.15) is 44.1 Å². The number of anilines is 1. The van der Waals surface area contributed by atoms with E-state index >= 15 is 0 Å². The van der Waals surface area contributed by atoms with Gasteiger partial charge in [0.1, 0.15) is 5.82 Å². The smallest absolute Gasteiger partial charge is 0.229 e. The third-order valence-electron chi connectivity index (χ3n) is 7.89. The van der Waals surface area contributed by atoms with Crippen LogP contribution in [0.4, 0.5) is 5.82 Å². The van der Waals surface area contributed by atoms with Gasteiger partial charge in [0.05, 0.1) is 11.5 Å². The molecule has 6 rings (SSSR count). The van der Waals surface area contributed by atoms with Gasteiger partial charge in [-0.3, -0.25) is 4.79 Å². The Bertz CT molecular complexity index is 1050. The SMILES string of the molecule is N#CC1(c2ccc3cnc(NC(=O)C4CC45CCOCC5)cc3c2)CC12CC2. The highest BCUT2D eigenvalue weighted by Crippen LogP contribution is 2.78. The molecule has 0 radical (unpaired) electrons. The van der Waals surface area contributed by atoms with Crippen molar-refractivity contribution in [2.75, 3.05) is 18.5 Å². The summed E-state index contributed by atoms with van der Waals surface area (Å²) in [6.07, 6.45) is 8.07. The molecular weight excluding hydrogens is 350 g/mol. The van der Waals surface area contributed by atoms with E-state index in [1.54, 1.807) is 0 Å². The Labute approximate surface area is 164 Å². The maximum Gasteiger partial charge on any atom is 0.229 e. The second-order valence-corrected chi connectivity index (χ2v) is 9.33. The van der Waals surface area contributed by atoms with Crippen molar-refractivity contribution >= 4 is 22.5 Å². The number of nitrogens with one attached hydrogen (secondary N) is 1. The molecule has 2 aromatic rings. The van der Waals surface area contributed by atoms with Crippen molar-refractivity contribution in [3.8, 4) is 6.07 Å². The summed E-state index contributed by atoms with van der Waals surface area (Å²) >= 11 is 0. The Kier molecular flexibility index (Phi) is 3.14. The zero-order chi connectivity index (χ0) is 19.0. The van der Waals surface area contributed by atoms with E-state index in [1.807, 2.05) is 12.3 Å². The second-order valence-electron chi connectivity index (χ2n) is 9.33. The van der Waals surface area contributed by atoms with E-state index in [0.717, 1.165) is 55.2 Å². The highest BCUT2D eigenvalue weighted by atomic mass is 16.5. The molecule has 3 saturated carbocycles. The molecule has 142 valence electrons. The first kappa shape index (κ1) is 16.5. The minimum Gasteiger partial charge on any atom is -0.381 e. The van der Waals surface area contributed by atoms with E-state index in [9.17, 15) is 10.1 Å². The molecule has 4 fully saturated rings. The second kappa shape index (κ2) is 5.33. The van der Waals surface area contributed by atoms with Crippen LogP contribution in [-0.2, 0) is 14.9 Å². The number of hydrogen-bond donors (Lipinski definition) is 1. The number of aromatic nitrogens is 1. The van der Waals surface area contributed by atoms with Crippen LogP contribution in [0.3, 0.4) is 0 Å². The van der Waals surface area contributed by atoms with Crippen molar-refractivity contribution in [1.82, 2.24) is 4.98 Å². The summed E-state index contributed by atoms with van der Waals surface area (Å²) in [5.41, 5.74) is 1.24. The fraction of sp³-hybridized carbons (Fsp3) is 0.522. The number of rotatable bonds is 3. The standard InChI is InChI=1S/C23H23N3O2/c24-14-23(13-22(23)3-4-22)17-2-1-15-12-25-19(10-16(15)9-17)26-20(27)18-11-21(18)5-7-28-8-6-21/h1-2,9-10,12,18H,3-8,11,13H2,(H,25,26,27). The molecule has 1 saturated heterocycles. The predicted molar refractivity (Wildman–Crippen MR) is 105 cm³/mol. The van der Waals surface area contributed by atoms with Gasteiger partial charge in [-0.25, -0.2) is 4.98 Å². The lowest BCUT2D eigenvalue weighted by atomic mass is 9.92. The molecule has 5 heteroatoms. The van der Waals surface area contributed by atoms with Gasteiger partial charge in [0.15, 0.2) is 0 Å². The number of benzene rings is 1. The largest absolute Gasteiger partial charge is 0.381 e. The minimum absolute atomic E-state index is 0.0810. The summed E-state index contributed by atoms with van der Waals surface area (Å²) in [4.78, 5) is 17.2. The molecule has 1 aliphatic heterocycles. The van der Waals surface area contributed by atoms with Crippen LogP contribution in [0.25, 0.3) is 10.8 Å². The lowest BCUT2D eigenvalue weighted by Gasteiger charge is -2.22. The lowest BCUT2D eigenvalue weighted by Crippen LogP contribution is -2.24. The third kappa shape index (κ3) is 2.21. The Morgan fingerprint density at radius 1 is 1.18 bits per heavy atom. The van der Waals surface area contributed by atoms with Crippen LogP contribution in [0.2, 0.25) is 0 Å². The summed E-state index contributed by atoms with van der Waals surface area (Å²) in [5, 5.41) is 14.9. The van der Waals surface area contributed by atoms with Gasteiger partial charge in [-0.15, -0.1) is 0 Å². The highest BCUT2D eigenvalue weighted by Gasteiger charge is 2.75. The Morgan fingerprint density at radius 3 is 2.71 bits per heavy atom. The van der Waals surface area contributed by atoms with Crippen molar-refractivity contribution in [1.29, 1.82) is 5.26 Å². The van der Waals surface area contributed by atoms with Gasteiger partial charge in [-0.05, 0) is 72.4 Å². The molecule has 1 amide bonds. The normalized spacial score (nSPS) is 30.8. The van der Waals surface area contributed by atoms with Crippen LogP contribution in [0.5, 0.6) is 0 Å². The topological polar surface area (TPSA) is 75.0 Å². The fourth-order valence-electron chi connectivity index (χ4n) is 5.59. The quantitative estimate of drug-likeness (QED) is 0.884. The molecule has 2 spiro atoms. The van der Waals surface area contributed by atoms with Gasteiger partial charge in [-0.1, -0.05) is 12.1 Å². The Morgan fingerprint density at radius 2 is 2.00 bits per heavy atom. The number of carbonyl (C=O) groups is 1. The summed E-state index contributed by atoms with van der Waals surface area (Å²) < 4.78 is 5.44. The van der Waals surface area contributed by atoms with Gasteiger partial charge < -0.3 is 10.1 Å². The zero-order valence-corrected chi connectivity index (χ0v) is 15.8. The van der Waals surface area contributed by atoms with Crippen molar-refractivity contribution in [3.05, 3.63) is 36.0 Å². The fourth-order valence-corrected chi connectivity index (χ4v) is 5.59. The summed E-state index contributed by atoms with van der Waals surface area (Å²) in [5.74, 6) is 0.771. The molecule has 1 aromatic heterocycles. The number of nitriles is 1. The Balaban J connectivity index is 1.25. The number of amides is 1. The van der Waals surface area contributed by atoms with Gasteiger partial charge in [0.2, 0.25) is 5.91 Å². The number of fused-ring (bicyclic) bond motifs is 1. The number of hydrogen-bond acceptors (Lipinski definition) is 4. The average molecular weight is 373 g/mol. The van der Waals surface area contributed by atoms with Crippen molar-refractivity contribution in [3.63, 3.8) is 0 Å². The van der Waals surface area contributed by atoms with Gasteiger partial charge in [-0.2, -0.15) is 5.26 Å². The summed E-state index contributed by atoms with van der Waals surface area (Å²) in [7, 11) is 0. The van der Waals surface area contributed by atoms with Crippen LogP contribution in [0, 0.1) is 28.1 Å². The number of carbonyl (C=O) groups excluding carboxylic acids is 1. The Hall–Kier alpha value is -2.45. The van der Waals surface area contributed by atoms with Crippen molar-refractivity contribution in [2.45, 2.75) is 43.9 Å². The zero-order valence-electron chi connectivity index (χ0n) is 15.8. The molecule has 2 atom stereocenters. The van der Waals surface area contributed by atoms with E-state index in [0.29, 0.717) is 5.82 Å². The number of pyridine rings is 1. The maximum atomic E-state index is 12.7. The van der Waals surface area contributed by atoms with E-state index in [-0.39, 0.29) is 28.1 Å². The van der Waals surface area contributed by atoms with Gasteiger partial charge in [0.25, 0.3) is 0 Å².